The minimum atomic E-state index is -4.19. The van der Waals surface area contributed by atoms with E-state index < -0.39 is 15.1 Å². The van der Waals surface area contributed by atoms with E-state index in [1.165, 1.54) is 13.8 Å². The summed E-state index contributed by atoms with van der Waals surface area (Å²) in [6, 6.07) is 0. The molecule has 0 saturated heterocycles. The average molecular weight is 240 g/mol. The highest BCUT2D eigenvalue weighted by Gasteiger charge is 2.34. The maximum absolute atomic E-state index is 10.9. The summed E-state index contributed by atoms with van der Waals surface area (Å²) in [5.41, 5.74) is -0.366. The van der Waals surface area contributed by atoms with Crippen LogP contribution in [0.25, 0.3) is 0 Å². The van der Waals surface area contributed by atoms with Crippen molar-refractivity contribution in [3.8, 4) is 0 Å². The monoisotopic (exact) mass is 240 g/mol. The van der Waals surface area contributed by atoms with Gasteiger partial charge in [0.1, 0.15) is 0 Å². The standard InChI is InChI=1S/C9H20O5S/c1-8(2,13-5)6-7-14-9(3,4)15(10,11)12/h6-7H2,1-5H3,(H,10,11,12). The van der Waals surface area contributed by atoms with Crippen LogP contribution in [0, 0.1) is 0 Å². The highest BCUT2D eigenvalue weighted by atomic mass is 32.2. The molecule has 0 aliphatic heterocycles. The zero-order chi connectivity index (χ0) is 12.3. The highest BCUT2D eigenvalue weighted by molar-refractivity contribution is 7.87. The molecule has 92 valence electrons. The smallest absolute Gasteiger partial charge is 0.294 e. The lowest BCUT2D eigenvalue weighted by Crippen LogP contribution is -2.36. The van der Waals surface area contributed by atoms with Gasteiger partial charge in [0.05, 0.1) is 12.2 Å². The van der Waals surface area contributed by atoms with Gasteiger partial charge in [-0.1, -0.05) is 0 Å². The van der Waals surface area contributed by atoms with Crippen LogP contribution >= 0.6 is 0 Å². The van der Waals surface area contributed by atoms with Crippen molar-refractivity contribution in [3.05, 3.63) is 0 Å². The summed E-state index contributed by atoms with van der Waals surface area (Å²) in [6.07, 6.45) is 0.544. The summed E-state index contributed by atoms with van der Waals surface area (Å²) in [5.74, 6) is 0. The van der Waals surface area contributed by atoms with E-state index in [0.29, 0.717) is 6.42 Å². The second kappa shape index (κ2) is 4.78. The molecular weight excluding hydrogens is 220 g/mol. The van der Waals surface area contributed by atoms with Gasteiger partial charge in [-0.15, -0.1) is 0 Å². The third kappa shape index (κ3) is 4.92. The molecule has 5 nitrogen and oxygen atoms in total. The molecular formula is C9H20O5S. The second-order valence-electron chi connectivity index (χ2n) is 4.44. The molecule has 0 bridgehead atoms. The van der Waals surface area contributed by atoms with Gasteiger partial charge in [-0.05, 0) is 34.1 Å². The van der Waals surface area contributed by atoms with Crippen LogP contribution in [-0.2, 0) is 19.6 Å². The van der Waals surface area contributed by atoms with Crippen LogP contribution in [-0.4, -0.2) is 37.2 Å². The first-order chi connectivity index (χ1) is 6.52. The molecule has 0 atom stereocenters. The fourth-order valence-electron chi connectivity index (χ4n) is 0.719. The molecule has 0 aromatic carbocycles. The van der Waals surface area contributed by atoms with E-state index in [1.54, 1.807) is 7.11 Å². The Kier molecular flexibility index (Phi) is 4.72. The largest absolute Gasteiger partial charge is 0.379 e. The zero-order valence-electron chi connectivity index (χ0n) is 9.90. The summed E-state index contributed by atoms with van der Waals surface area (Å²) in [4.78, 5) is -1.57. The number of rotatable bonds is 6. The molecule has 0 aliphatic rings. The van der Waals surface area contributed by atoms with Crippen LogP contribution in [0.3, 0.4) is 0 Å². The number of methoxy groups -OCH3 is 1. The fourth-order valence-corrected chi connectivity index (χ4v) is 0.951. The zero-order valence-corrected chi connectivity index (χ0v) is 10.7. The Balaban J connectivity index is 4.19. The van der Waals surface area contributed by atoms with E-state index in [9.17, 15) is 8.42 Å². The van der Waals surface area contributed by atoms with Crippen molar-refractivity contribution >= 4 is 10.1 Å². The first kappa shape index (κ1) is 14.8. The second-order valence-corrected chi connectivity index (χ2v) is 6.37. The van der Waals surface area contributed by atoms with E-state index in [-0.39, 0.29) is 12.2 Å². The topological polar surface area (TPSA) is 72.8 Å². The van der Waals surface area contributed by atoms with Crippen molar-refractivity contribution in [1.82, 2.24) is 0 Å². The molecule has 0 aromatic rings. The Morgan fingerprint density at radius 2 is 1.67 bits per heavy atom. The van der Waals surface area contributed by atoms with Gasteiger partial charge in [0.25, 0.3) is 10.1 Å². The Bertz CT molecular complexity index is 292. The van der Waals surface area contributed by atoms with Crippen LogP contribution in [0.4, 0.5) is 0 Å². The SMILES string of the molecule is COC(C)(C)CCOC(C)(C)S(=O)(=O)O. The maximum atomic E-state index is 10.9. The van der Waals surface area contributed by atoms with E-state index in [2.05, 4.69) is 0 Å². The normalized spacial score (nSPS) is 14.3. The predicted molar refractivity (Wildman–Crippen MR) is 57.3 cm³/mol. The molecule has 0 unspecified atom stereocenters. The molecule has 6 heteroatoms. The summed E-state index contributed by atoms with van der Waals surface area (Å²) >= 11 is 0. The van der Waals surface area contributed by atoms with Crippen molar-refractivity contribution in [1.29, 1.82) is 0 Å². The molecule has 0 radical (unpaired) electrons. The molecule has 0 fully saturated rings. The minimum Gasteiger partial charge on any atom is -0.379 e. The Hall–Kier alpha value is -0.170. The fraction of sp³-hybridized carbons (Fsp3) is 1.00. The van der Waals surface area contributed by atoms with Gasteiger partial charge >= 0.3 is 0 Å². The molecule has 0 heterocycles. The number of hydrogen-bond acceptors (Lipinski definition) is 4. The Labute approximate surface area is 91.5 Å². The predicted octanol–water partition coefficient (Wildman–Crippen LogP) is 1.44. The first-order valence-electron chi connectivity index (χ1n) is 4.68. The van der Waals surface area contributed by atoms with Crippen LogP contribution in [0.2, 0.25) is 0 Å². The van der Waals surface area contributed by atoms with Gasteiger partial charge in [0.15, 0.2) is 4.93 Å². The summed E-state index contributed by atoms with van der Waals surface area (Å²) in [7, 11) is -2.61. The molecule has 0 aliphatic carbocycles. The Morgan fingerprint density at radius 1 is 1.20 bits per heavy atom. The molecule has 0 rings (SSSR count). The average Bonchev–Trinajstić information content (AvgIpc) is 2.01. The van der Waals surface area contributed by atoms with Gasteiger partial charge in [-0.25, -0.2) is 0 Å². The molecule has 1 N–H and O–H groups in total. The van der Waals surface area contributed by atoms with E-state index in [0.717, 1.165) is 0 Å². The molecule has 0 saturated carbocycles. The maximum Gasteiger partial charge on any atom is 0.294 e. The van der Waals surface area contributed by atoms with E-state index >= 15 is 0 Å². The quantitative estimate of drug-likeness (QED) is 0.711. The van der Waals surface area contributed by atoms with Gasteiger partial charge in [-0.3, -0.25) is 4.55 Å². The van der Waals surface area contributed by atoms with Crippen molar-refractivity contribution in [3.63, 3.8) is 0 Å². The summed E-state index contributed by atoms with van der Waals surface area (Å²) in [6.45, 7) is 6.56. The number of hydrogen-bond donors (Lipinski definition) is 1. The number of ether oxygens (including phenoxy) is 2. The van der Waals surface area contributed by atoms with Gasteiger partial charge < -0.3 is 9.47 Å². The molecule has 0 amide bonds. The van der Waals surface area contributed by atoms with Crippen LogP contribution in [0.5, 0.6) is 0 Å². The molecule has 0 aromatic heterocycles. The van der Waals surface area contributed by atoms with Crippen LogP contribution in [0.1, 0.15) is 34.1 Å². The summed E-state index contributed by atoms with van der Waals surface area (Å²) in [5, 5.41) is 0. The highest BCUT2D eigenvalue weighted by Crippen LogP contribution is 2.19. The summed E-state index contributed by atoms with van der Waals surface area (Å²) < 4.78 is 40.9. The van der Waals surface area contributed by atoms with E-state index in [4.69, 9.17) is 14.0 Å². The van der Waals surface area contributed by atoms with Crippen molar-refractivity contribution < 1.29 is 22.4 Å². The van der Waals surface area contributed by atoms with Gasteiger partial charge in [0, 0.05) is 7.11 Å². The molecule has 0 spiro atoms. The van der Waals surface area contributed by atoms with Gasteiger partial charge in [-0.2, -0.15) is 8.42 Å². The molecule has 15 heavy (non-hydrogen) atoms. The van der Waals surface area contributed by atoms with Crippen LogP contribution in [0.15, 0.2) is 0 Å². The van der Waals surface area contributed by atoms with Gasteiger partial charge in [0.2, 0.25) is 0 Å². The van der Waals surface area contributed by atoms with Crippen molar-refractivity contribution in [2.45, 2.75) is 44.6 Å². The lowest BCUT2D eigenvalue weighted by Gasteiger charge is -2.26. The first-order valence-corrected chi connectivity index (χ1v) is 6.12. The van der Waals surface area contributed by atoms with Crippen LogP contribution < -0.4 is 0 Å². The van der Waals surface area contributed by atoms with E-state index in [1.807, 2.05) is 13.8 Å². The third-order valence-corrected chi connectivity index (χ3v) is 3.69. The van der Waals surface area contributed by atoms with Crippen molar-refractivity contribution in [2.75, 3.05) is 13.7 Å². The third-order valence-electron chi connectivity index (χ3n) is 2.33. The Morgan fingerprint density at radius 3 is 2.00 bits per heavy atom. The lowest BCUT2D eigenvalue weighted by molar-refractivity contribution is -0.0318. The minimum absolute atomic E-state index is 0.202. The van der Waals surface area contributed by atoms with Crippen molar-refractivity contribution in [2.24, 2.45) is 0 Å². The lowest BCUT2D eigenvalue weighted by atomic mass is 10.1.